The smallest absolute Gasteiger partial charge is 0.242 e. The molecule has 0 spiro atoms. The molecule has 4 heteroatoms. The van der Waals surface area contributed by atoms with Crippen molar-refractivity contribution < 1.29 is 4.79 Å². The van der Waals surface area contributed by atoms with Crippen molar-refractivity contribution in [2.24, 2.45) is 0 Å². The highest BCUT2D eigenvalue weighted by atomic mass is 16.2. The lowest BCUT2D eigenvalue weighted by Gasteiger charge is -2.19. The van der Waals surface area contributed by atoms with E-state index in [1.807, 2.05) is 18.2 Å². The highest BCUT2D eigenvalue weighted by molar-refractivity contribution is 5.87. The van der Waals surface area contributed by atoms with Gasteiger partial charge in [0.1, 0.15) is 6.04 Å². The Hall–Kier alpha value is -1.55. The normalized spacial score (nSPS) is 17.1. The van der Waals surface area contributed by atoms with Gasteiger partial charge in [0.2, 0.25) is 5.91 Å². The zero-order valence-corrected chi connectivity index (χ0v) is 11.8. The largest absolute Gasteiger partial charge is 0.373 e. The van der Waals surface area contributed by atoms with E-state index in [9.17, 15) is 4.79 Å². The fourth-order valence-electron chi connectivity index (χ4n) is 2.46. The number of rotatable bonds is 6. The number of hydrogen-bond donors (Lipinski definition) is 2. The van der Waals surface area contributed by atoms with E-state index in [4.69, 9.17) is 0 Å². The number of amides is 1. The maximum absolute atomic E-state index is 12.1. The fraction of sp³-hybridized carbons (Fsp3) is 0.533. The minimum Gasteiger partial charge on any atom is -0.373 e. The average Bonchev–Trinajstić information content (AvgIpc) is 2.87. The summed E-state index contributed by atoms with van der Waals surface area (Å²) in [5.74, 6) is 0.100. The first-order valence-electron chi connectivity index (χ1n) is 7.09. The van der Waals surface area contributed by atoms with Crippen LogP contribution in [0.4, 0.5) is 5.69 Å². The van der Waals surface area contributed by atoms with Gasteiger partial charge >= 0.3 is 0 Å². The number of carbonyl (C=O) groups excluding carboxylic acids is 1. The highest BCUT2D eigenvalue weighted by Crippen LogP contribution is 2.24. The first kappa shape index (κ1) is 13.9. The summed E-state index contributed by atoms with van der Waals surface area (Å²) in [6.07, 6.45) is 0.785. The second-order valence-electron chi connectivity index (χ2n) is 4.88. The Morgan fingerprint density at radius 3 is 2.79 bits per heavy atom. The molecule has 0 radical (unpaired) electrons. The van der Waals surface area contributed by atoms with Crippen LogP contribution in [-0.2, 0) is 11.2 Å². The quantitative estimate of drug-likeness (QED) is 0.815. The number of nitrogens with one attached hydrogen (secondary N) is 2. The van der Waals surface area contributed by atoms with E-state index < -0.39 is 0 Å². The third-order valence-electron chi connectivity index (χ3n) is 3.71. The van der Waals surface area contributed by atoms with E-state index in [0.717, 1.165) is 38.3 Å². The van der Waals surface area contributed by atoms with Gasteiger partial charge in [-0.25, -0.2) is 0 Å². The molecule has 4 nitrogen and oxygen atoms in total. The molecule has 0 aromatic heterocycles. The van der Waals surface area contributed by atoms with Crippen LogP contribution in [0.2, 0.25) is 0 Å². The molecule has 104 valence electrons. The summed E-state index contributed by atoms with van der Waals surface area (Å²) in [6, 6.07) is 7.99. The molecule has 2 rings (SSSR count). The van der Waals surface area contributed by atoms with Crippen molar-refractivity contribution >= 4 is 11.6 Å². The zero-order valence-electron chi connectivity index (χ0n) is 11.8. The SMILES string of the molecule is CCN(CC)CCNC(=O)C1Cc2ccccc2N1. The Morgan fingerprint density at radius 2 is 2.11 bits per heavy atom. The predicted octanol–water partition coefficient (Wildman–Crippen LogP) is 1.48. The molecule has 1 amide bonds. The van der Waals surface area contributed by atoms with Crippen LogP contribution >= 0.6 is 0 Å². The van der Waals surface area contributed by atoms with Gasteiger partial charge in [-0.3, -0.25) is 4.79 Å². The molecule has 2 N–H and O–H groups in total. The minimum atomic E-state index is -0.117. The average molecular weight is 261 g/mol. The summed E-state index contributed by atoms with van der Waals surface area (Å²) >= 11 is 0. The third-order valence-corrected chi connectivity index (χ3v) is 3.71. The molecule has 1 aliphatic rings. The van der Waals surface area contributed by atoms with Crippen LogP contribution in [0.15, 0.2) is 24.3 Å². The van der Waals surface area contributed by atoms with Gasteiger partial charge in [0.05, 0.1) is 0 Å². The van der Waals surface area contributed by atoms with E-state index in [-0.39, 0.29) is 11.9 Å². The van der Waals surface area contributed by atoms with E-state index >= 15 is 0 Å². The van der Waals surface area contributed by atoms with Crippen LogP contribution in [0.3, 0.4) is 0 Å². The predicted molar refractivity (Wildman–Crippen MR) is 78.4 cm³/mol. The van der Waals surface area contributed by atoms with Gasteiger partial charge in [-0.1, -0.05) is 32.0 Å². The Morgan fingerprint density at radius 1 is 1.37 bits per heavy atom. The molecular weight excluding hydrogens is 238 g/mol. The first-order chi connectivity index (χ1) is 9.24. The summed E-state index contributed by atoms with van der Waals surface area (Å²) in [5, 5.41) is 6.29. The van der Waals surface area contributed by atoms with Crippen LogP contribution in [0.1, 0.15) is 19.4 Å². The van der Waals surface area contributed by atoms with Crippen LogP contribution in [0.5, 0.6) is 0 Å². The number of likely N-dealkylation sites (N-methyl/N-ethyl adjacent to an activating group) is 1. The maximum atomic E-state index is 12.1. The Balaban J connectivity index is 1.77. The highest BCUT2D eigenvalue weighted by Gasteiger charge is 2.25. The van der Waals surface area contributed by atoms with Crippen LogP contribution < -0.4 is 10.6 Å². The van der Waals surface area contributed by atoms with Crippen molar-refractivity contribution in [3.63, 3.8) is 0 Å². The Kier molecular flexibility index (Phi) is 4.80. The number of nitrogens with zero attached hydrogens (tertiary/aromatic N) is 1. The number of hydrogen-bond acceptors (Lipinski definition) is 3. The van der Waals surface area contributed by atoms with Gasteiger partial charge in [-0.15, -0.1) is 0 Å². The van der Waals surface area contributed by atoms with E-state index in [0.29, 0.717) is 0 Å². The fourth-order valence-corrected chi connectivity index (χ4v) is 2.46. The van der Waals surface area contributed by atoms with Gasteiger partial charge < -0.3 is 15.5 Å². The minimum absolute atomic E-state index is 0.100. The number of anilines is 1. The van der Waals surface area contributed by atoms with Gasteiger partial charge in [0, 0.05) is 25.2 Å². The summed E-state index contributed by atoms with van der Waals surface area (Å²) in [7, 11) is 0. The standard InChI is InChI=1S/C15H23N3O/c1-3-18(4-2)10-9-16-15(19)14-11-12-7-5-6-8-13(12)17-14/h5-8,14,17H,3-4,9-11H2,1-2H3,(H,16,19). The number of fused-ring (bicyclic) bond motifs is 1. The van der Waals surface area contributed by atoms with Crippen molar-refractivity contribution in [1.82, 2.24) is 10.2 Å². The van der Waals surface area contributed by atoms with Crippen LogP contribution in [-0.4, -0.2) is 43.0 Å². The summed E-state index contributed by atoms with van der Waals surface area (Å²) in [6.45, 7) is 7.97. The van der Waals surface area contributed by atoms with Crippen LogP contribution in [0.25, 0.3) is 0 Å². The summed E-state index contributed by atoms with van der Waals surface area (Å²) in [5.41, 5.74) is 2.32. The summed E-state index contributed by atoms with van der Waals surface area (Å²) < 4.78 is 0. The van der Waals surface area contributed by atoms with Gasteiger partial charge in [0.15, 0.2) is 0 Å². The van der Waals surface area contributed by atoms with Crippen LogP contribution in [0, 0.1) is 0 Å². The lowest BCUT2D eigenvalue weighted by Crippen LogP contribution is -2.42. The number of benzene rings is 1. The Labute approximate surface area is 115 Å². The summed E-state index contributed by atoms with van der Waals surface area (Å²) in [4.78, 5) is 14.4. The second-order valence-corrected chi connectivity index (χ2v) is 4.88. The topological polar surface area (TPSA) is 44.4 Å². The molecule has 19 heavy (non-hydrogen) atoms. The molecule has 0 aliphatic carbocycles. The van der Waals surface area contributed by atoms with Crippen molar-refractivity contribution in [3.05, 3.63) is 29.8 Å². The first-order valence-corrected chi connectivity index (χ1v) is 7.09. The molecule has 0 fully saturated rings. The van der Waals surface area contributed by atoms with Gasteiger partial charge in [-0.2, -0.15) is 0 Å². The monoisotopic (exact) mass is 261 g/mol. The van der Waals surface area contributed by atoms with Crippen molar-refractivity contribution in [3.8, 4) is 0 Å². The molecule has 1 aromatic rings. The van der Waals surface area contributed by atoms with E-state index in [2.05, 4.69) is 35.4 Å². The second kappa shape index (κ2) is 6.57. The molecule has 0 bridgehead atoms. The van der Waals surface area contributed by atoms with Gasteiger partial charge in [-0.05, 0) is 24.7 Å². The molecule has 1 atom stereocenters. The lowest BCUT2D eigenvalue weighted by atomic mass is 10.1. The maximum Gasteiger partial charge on any atom is 0.242 e. The number of para-hydroxylation sites is 1. The molecule has 1 heterocycles. The molecule has 1 aromatic carbocycles. The molecule has 1 aliphatic heterocycles. The van der Waals surface area contributed by atoms with Crippen molar-refractivity contribution in [2.45, 2.75) is 26.3 Å². The van der Waals surface area contributed by atoms with Crippen molar-refractivity contribution in [2.75, 3.05) is 31.5 Å². The van der Waals surface area contributed by atoms with E-state index in [1.54, 1.807) is 0 Å². The molecule has 1 unspecified atom stereocenters. The zero-order chi connectivity index (χ0) is 13.7. The van der Waals surface area contributed by atoms with Crippen molar-refractivity contribution in [1.29, 1.82) is 0 Å². The van der Waals surface area contributed by atoms with Gasteiger partial charge in [0.25, 0.3) is 0 Å². The molecular formula is C15H23N3O. The third kappa shape index (κ3) is 3.47. The Bertz CT molecular complexity index is 404. The molecule has 0 saturated heterocycles. The molecule has 0 saturated carbocycles. The van der Waals surface area contributed by atoms with E-state index in [1.165, 1.54) is 5.56 Å². The number of carbonyl (C=O) groups is 1. The lowest BCUT2D eigenvalue weighted by molar-refractivity contribution is -0.121.